The minimum absolute atomic E-state index is 0.0384. The molecule has 234 valence electrons. The number of halogens is 2. The average molecular weight is 655 g/mol. The predicted octanol–water partition coefficient (Wildman–Crippen LogP) is 3.17. The molecular weight excluding hydrogens is 627 g/mol. The van der Waals surface area contributed by atoms with Gasteiger partial charge in [0.15, 0.2) is 5.75 Å². The maximum absolute atomic E-state index is 14.0. The summed E-state index contributed by atoms with van der Waals surface area (Å²) < 4.78 is 11.0. The minimum atomic E-state index is -1.30. The Morgan fingerprint density at radius 3 is 2.29 bits per heavy atom. The zero-order valence-corrected chi connectivity index (χ0v) is 25.4. The molecule has 45 heavy (non-hydrogen) atoms. The molecule has 14 heteroatoms. The molecule has 2 unspecified atom stereocenters. The Morgan fingerprint density at radius 1 is 0.978 bits per heavy atom. The highest BCUT2D eigenvalue weighted by molar-refractivity contribution is 6.37. The third kappa shape index (κ3) is 7.19. The fraction of sp³-hybridized carbons (Fsp3) is 0.258. The smallest absolute Gasteiger partial charge is 0.310 e. The third-order valence-electron chi connectivity index (χ3n) is 7.23. The van der Waals surface area contributed by atoms with E-state index in [4.69, 9.17) is 32.7 Å². The van der Waals surface area contributed by atoms with E-state index in [1.807, 2.05) is 30.3 Å². The van der Waals surface area contributed by atoms with Gasteiger partial charge in [-0.1, -0.05) is 65.7 Å². The molecule has 3 aromatic carbocycles. The van der Waals surface area contributed by atoms with E-state index in [0.717, 1.165) is 10.5 Å². The van der Waals surface area contributed by atoms with E-state index in [-0.39, 0.29) is 40.9 Å². The second-order valence-electron chi connectivity index (χ2n) is 10.4. The van der Waals surface area contributed by atoms with Crippen molar-refractivity contribution >= 4 is 64.2 Å². The molecule has 3 N–H and O–H groups in total. The van der Waals surface area contributed by atoms with Crippen molar-refractivity contribution in [3.8, 4) is 5.75 Å². The topological polar surface area (TPSA) is 155 Å². The Labute approximate surface area is 267 Å². The van der Waals surface area contributed by atoms with Crippen LogP contribution in [0.5, 0.6) is 5.75 Å². The van der Waals surface area contributed by atoms with Gasteiger partial charge in [-0.2, -0.15) is 0 Å². The summed E-state index contributed by atoms with van der Waals surface area (Å²) in [5, 5.41) is 14.9. The summed E-state index contributed by atoms with van der Waals surface area (Å²) >= 11 is 12.0. The van der Waals surface area contributed by atoms with Crippen molar-refractivity contribution in [3.05, 3.63) is 87.9 Å². The Balaban J connectivity index is 1.37. The fourth-order valence-corrected chi connectivity index (χ4v) is 5.53. The fourth-order valence-electron chi connectivity index (χ4n) is 5.05. The molecule has 1 saturated heterocycles. The average Bonchev–Trinajstić information content (AvgIpc) is 3.32. The van der Waals surface area contributed by atoms with E-state index >= 15 is 0 Å². The molecule has 12 nitrogen and oxygen atoms in total. The first kappa shape index (κ1) is 31.8. The molecule has 3 atom stereocenters. The number of ether oxygens (including phenoxy) is 2. The lowest BCUT2D eigenvalue weighted by molar-refractivity contribution is -0.168. The van der Waals surface area contributed by atoms with Crippen molar-refractivity contribution in [2.75, 3.05) is 22.9 Å². The van der Waals surface area contributed by atoms with Crippen molar-refractivity contribution < 1.29 is 38.6 Å². The summed E-state index contributed by atoms with van der Waals surface area (Å²) in [7, 11) is 0. The van der Waals surface area contributed by atoms with E-state index in [9.17, 15) is 29.1 Å². The number of nitrogens with one attached hydrogen (secondary N) is 2. The second kappa shape index (κ2) is 13.6. The number of carbonyl (C=O) groups excluding carboxylic acids is 5. The van der Waals surface area contributed by atoms with Crippen molar-refractivity contribution in [1.29, 1.82) is 0 Å². The number of phenols is 1. The van der Waals surface area contributed by atoms with Crippen LogP contribution in [-0.4, -0.2) is 66.2 Å². The monoisotopic (exact) mass is 654 g/mol. The van der Waals surface area contributed by atoms with Crippen molar-refractivity contribution in [2.45, 2.75) is 38.3 Å². The molecule has 0 bridgehead atoms. The van der Waals surface area contributed by atoms with Crippen molar-refractivity contribution in [3.63, 3.8) is 0 Å². The normalized spacial score (nSPS) is 19.4. The molecule has 2 aliphatic rings. The van der Waals surface area contributed by atoms with Gasteiger partial charge in [-0.05, 0) is 29.8 Å². The van der Waals surface area contributed by atoms with Gasteiger partial charge in [0.1, 0.15) is 18.6 Å². The number of nitrogens with zero attached hydrogens (tertiary/aromatic N) is 2. The quantitative estimate of drug-likeness (QED) is 0.313. The number of carbonyl (C=O) groups is 5. The van der Waals surface area contributed by atoms with Gasteiger partial charge in [0.2, 0.25) is 18.1 Å². The molecule has 0 radical (unpaired) electrons. The number of cyclic esters (lactones) is 1. The number of para-hydroxylation sites is 2. The molecule has 0 spiro atoms. The highest BCUT2D eigenvalue weighted by Gasteiger charge is 2.40. The number of aromatic hydroxyl groups is 1. The lowest BCUT2D eigenvalue weighted by Gasteiger charge is -2.26. The maximum Gasteiger partial charge on any atom is 0.310 e. The lowest BCUT2D eigenvalue weighted by Crippen LogP contribution is -2.55. The summed E-state index contributed by atoms with van der Waals surface area (Å²) in [5.74, 6) is -3.43. The number of phenolic OH excluding ortho intramolecular Hbond substituents is 1. The molecular formula is C31H28Cl2N4O8. The van der Waals surface area contributed by atoms with Gasteiger partial charge in [0, 0.05) is 12.5 Å². The molecule has 0 aromatic heterocycles. The van der Waals surface area contributed by atoms with Crippen molar-refractivity contribution in [2.24, 2.45) is 0 Å². The Morgan fingerprint density at radius 2 is 1.62 bits per heavy atom. The van der Waals surface area contributed by atoms with Gasteiger partial charge in [-0.15, -0.1) is 0 Å². The van der Waals surface area contributed by atoms with Crippen LogP contribution in [0.4, 0.5) is 11.4 Å². The zero-order chi connectivity index (χ0) is 32.2. The predicted molar refractivity (Wildman–Crippen MR) is 164 cm³/mol. The highest BCUT2D eigenvalue weighted by atomic mass is 35.5. The van der Waals surface area contributed by atoms with Crippen LogP contribution in [-0.2, 0) is 35.3 Å². The number of amides is 4. The van der Waals surface area contributed by atoms with E-state index in [1.165, 1.54) is 24.0 Å². The highest BCUT2D eigenvalue weighted by Crippen LogP contribution is 2.34. The van der Waals surface area contributed by atoms with Crippen molar-refractivity contribution in [1.82, 2.24) is 10.6 Å². The van der Waals surface area contributed by atoms with Crippen LogP contribution >= 0.6 is 23.2 Å². The van der Waals surface area contributed by atoms with Gasteiger partial charge < -0.3 is 30.1 Å². The molecule has 2 aliphatic heterocycles. The molecule has 3 aromatic rings. The first-order valence-electron chi connectivity index (χ1n) is 13.8. The molecule has 1 fully saturated rings. The van der Waals surface area contributed by atoms with Gasteiger partial charge >= 0.3 is 5.97 Å². The zero-order valence-electron chi connectivity index (χ0n) is 23.9. The first-order valence-corrected chi connectivity index (χ1v) is 14.6. The van der Waals surface area contributed by atoms with Gasteiger partial charge in [-0.3, -0.25) is 28.9 Å². The van der Waals surface area contributed by atoms with Gasteiger partial charge in [-0.25, -0.2) is 0 Å². The first-order chi connectivity index (χ1) is 21.5. The molecule has 5 rings (SSSR count). The molecule has 0 saturated carbocycles. The van der Waals surface area contributed by atoms with Crippen LogP contribution in [0.25, 0.3) is 0 Å². The summed E-state index contributed by atoms with van der Waals surface area (Å²) in [4.78, 5) is 67.9. The van der Waals surface area contributed by atoms with E-state index in [1.54, 1.807) is 24.3 Å². The number of rotatable bonds is 8. The Hall–Kier alpha value is -4.65. The maximum atomic E-state index is 14.0. The molecule has 2 heterocycles. The van der Waals surface area contributed by atoms with E-state index < -0.39 is 60.3 Å². The summed E-state index contributed by atoms with van der Waals surface area (Å²) in [6, 6.07) is 16.0. The Kier molecular flexibility index (Phi) is 9.57. The molecule has 4 amide bonds. The van der Waals surface area contributed by atoms with E-state index in [2.05, 4.69) is 10.6 Å². The van der Waals surface area contributed by atoms with Crippen LogP contribution in [0.15, 0.2) is 66.7 Å². The van der Waals surface area contributed by atoms with Crippen LogP contribution in [0.3, 0.4) is 0 Å². The standard InChI is InChI=1S/C31H28Cl2N4O8/c1-17(38)36-14-23(35-29(42)19-11-20(32)28(41)21(33)12-19)30(43)37(25-10-6-5-9-24(25)36)15-26(39)34-22-13-27(40)45-31(22)44-16-18-7-3-2-4-8-18/h2-12,22-23,31,41H,13-16H2,1H3,(H,34,39)(H,35,42)/t22-,23?,31?/m0/s1. The number of fused-ring (bicyclic) bond motifs is 1. The van der Waals surface area contributed by atoms with Crippen LogP contribution in [0, 0.1) is 0 Å². The summed E-state index contributed by atoms with van der Waals surface area (Å²) in [6.07, 6.45) is -1.18. The largest absolute Gasteiger partial charge is 0.505 e. The van der Waals surface area contributed by atoms with Crippen LogP contribution in [0.2, 0.25) is 10.0 Å². The minimum Gasteiger partial charge on any atom is -0.505 e. The number of benzene rings is 3. The Bertz CT molecular complexity index is 1630. The van der Waals surface area contributed by atoms with E-state index in [0.29, 0.717) is 5.69 Å². The molecule has 0 aliphatic carbocycles. The third-order valence-corrected chi connectivity index (χ3v) is 7.80. The van der Waals surface area contributed by atoms with Gasteiger partial charge in [0.05, 0.1) is 41.0 Å². The number of esters is 1. The summed E-state index contributed by atoms with van der Waals surface area (Å²) in [6.45, 7) is 0.702. The van der Waals surface area contributed by atoms with Gasteiger partial charge in [0.25, 0.3) is 11.8 Å². The lowest BCUT2D eigenvalue weighted by atomic mass is 10.1. The number of hydrogen-bond acceptors (Lipinski definition) is 8. The number of hydrogen-bond donors (Lipinski definition) is 3. The van der Waals surface area contributed by atoms with Crippen LogP contribution in [0.1, 0.15) is 29.3 Å². The second-order valence-corrected chi connectivity index (χ2v) is 11.2. The summed E-state index contributed by atoms with van der Waals surface area (Å²) in [5.41, 5.74) is 1.42. The van der Waals surface area contributed by atoms with Crippen LogP contribution < -0.4 is 20.4 Å². The number of anilines is 2. The SMILES string of the molecule is CC(=O)N1CC(NC(=O)c2cc(Cl)c(O)c(Cl)c2)C(=O)N(CC(=O)N[C@H]2CC(=O)OC2OCc2ccccc2)c2ccccc21.